The molecule has 0 radical (unpaired) electrons. The molecule has 2 N–H and O–H groups in total. The molecule has 0 spiro atoms. The summed E-state index contributed by atoms with van der Waals surface area (Å²) in [6.45, 7) is 5.14. The minimum atomic E-state index is 0. The Labute approximate surface area is 230 Å². The van der Waals surface area contributed by atoms with Crippen LogP contribution < -0.4 is 22.6 Å². The summed E-state index contributed by atoms with van der Waals surface area (Å²) in [6, 6.07) is 19.9. The molecule has 0 saturated heterocycles. The molecule has 2 aromatic carbocycles. The third kappa shape index (κ3) is 13.8. The molecule has 0 aliphatic heterocycles. The Morgan fingerprint density at radius 3 is 1.44 bits per heavy atom. The van der Waals surface area contributed by atoms with Crippen LogP contribution in [0.5, 0.6) is 0 Å². The molecule has 0 aliphatic carbocycles. The van der Waals surface area contributed by atoms with Crippen LogP contribution in [-0.4, -0.2) is 13.6 Å². The summed E-state index contributed by atoms with van der Waals surface area (Å²) < 4.78 is 0.966. The summed E-state index contributed by atoms with van der Waals surface area (Å²) in [5.74, 6) is 0. The molecule has 2 aromatic rings. The molecule has 2 rings (SSSR count). The number of quaternary nitrogens is 1. The van der Waals surface area contributed by atoms with Gasteiger partial charge in [-0.15, -0.1) is 0 Å². The second-order valence-electron chi connectivity index (χ2n) is 10.9. The zero-order valence-electron chi connectivity index (χ0n) is 23.5. The zero-order valence-corrected chi connectivity index (χ0v) is 24.3. The summed E-state index contributed by atoms with van der Waals surface area (Å²) in [6.07, 6.45) is 22.7. The molecule has 0 saturated carbocycles. The summed E-state index contributed by atoms with van der Waals surface area (Å²) >= 11 is 0. The third-order valence-electron chi connectivity index (χ3n) is 7.67. The van der Waals surface area contributed by atoms with Gasteiger partial charge in [0.05, 0.1) is 13.6 Å². The molecular formula is C33H55ClN2. The molecule has 0 aliphatic rings. The Kier molecular flexibility index (Phi) is 18.8. The number of nitrogens with zero attached hydrogens (tertiary/aromatic N) is 1. The third-order valence-corrected chi connectivity index (χ3v) is 7.67. The van der Waals surface area contributed by atoms with Crippen LogP contribution in [0.2, 0.25) is 0 Å². The first-order chi connectivity index (χ1) is 17.2. The quantitative estimate of drug-likeness (QED) is 0.148. The summed E-state index contributed by atoms with van der Waals surface area (Å²) in [5, 5.41) is 0. The summed E-state index contributed by atoms with van der Waals surface area (Å²) in [4.78, 5) is 0. The Morgan fingerprint density at radius 1 is 0.556 bits per heavy atom. The van der Waals surface area contributed by atoms with Crippen LogP contribution in [0, 0.1) is 0 Å². The van der Waals surface area contributed by atoms with Crippen molar-refractivity contribution in [1.29, 1.82) is 0 Å². The van der Waals surface area contributed by atoms with Gasteiger partial charge in [-0.3, -0.25) is 4.48 Å². The number of hydrogen-bond acceptors (Lipinski definition) is 1. The van der Waals surface area contributed by atoms with Crippen molar-refractivity contribution in [3.05, 3.63) is 65.7 Å². The van der Waals surface area contributed by atoms with E-state index in [4.69, 9.17) is 5.73 Å². The lowest BCUT2D eigenvalue weighted by Gasteiger charge is -2.34. The van der Waals surface area contributed by atoms with E-state index in [0.717, 1.165) is 11.0 Å². The first-order valence-corrected chi connectivity index (χ1v) is 14.9. The molecule has 1 atom stereocenters. The van der Waals surface area contributed by atoms with Crippen molar-refractivity contribution in [2.75, 3.05) is 13.6 Å². The van der Waals surface area contributed by atoms with Gasteiger partial charge in [0, 0.05) is 12.1 Å². The highest BCUT2D eigenvalue weighted by atomic mass is 35.5. The van der Waals surface area contributed by atoms with Crippen molar-refractivity contribution in [3.8, 4) is 0 Å². The minimum absolute atomic E-state index is 0. The maximum absolute atomic E-state index is 5.83. The lowest BCUT2D eigenvalue weighted by molar-refractivity contribution is -0.00000769. The van der Waals surface area contributed by atoms with E-state index in [1.165, 1.54) is 126 Å². The molecular weight excluding hydrogens is 460 g/mol. The van der Waals surface area contributed by atoms with Gasteiger partial charge in [0.1, 0.15) is 12.2 Å². The Balaban J connectivity index is 0.00000648. The van der Waals surface area contributed by atoms with Gasteiger partial charge in [-0.2, -0.15) is 0 Å². The predicted octanol–water partition coefficient (Wildman–Crippen LogP) is 6.55. The maximum atomic E-state index is 5.83. The van der Waals surface area contributed by atoms with Crippen LogP contribution in [-0.2, 0) is 13.1 Å². The van der Waals surface area contributed by atoms with E-state index < -0.39 is 0 Å². The number of nitrogens with two attached hydrogens (primary N) is 1. The highest BCUT2D eigenvalue weighted by Gasteiger charge is 2.25. The van der Waals surface area contributed by atoms with Crippen LogP contribution in [0.1, 0.15) is 121 Å². The van der Waals surface area contributed by atoms with Gasteiger partial charge >= 0.3 is 0 Å². The lowest BCUT2D eigenvalue weighted by Crippen LogP contribution is -3.00. The monoisotopic (exact) mass is 514 g/mol. The fourth-order valence-corrected chi connectivity index (χ4v) is 5.29. The average Bonchev–Trinajstić information content (AvgIpc) is 2.89. The normalized spacial score (nSPS) is 12.8. The van der Waals surface area contributed by atoms with E-state index in [1.807, 2.05) is 0 Å². The van der Waals surface area contributed by atoms with Crippen molar-refractivity contribution >= 4 is 5.69 Å². The number of rotatable bonds is 21. The first-order valence-electron chi connectivity index (χ1n) is 14.9. The molecule has 36 heavy (non-hydrogen) atoms. The predicted molar refractivity (Wildman–Crippen MR) is 157 cm³/mol. The van der Waals surface area contributed by atoms with E-state index in [1.54, 1.807) is 0 Å². The molecule has 3 heteroatoms. The van der Waals surface area contributed by atoms with Gasteiger partial charge in [-0.25, -0.2) is 0 Å². The van der Waals surface area contributed by atoms with Gasteiger partial charge in [0.2, 0.25) is 0 Å². The molecule has 2 nitrogen and oxygen atoms in total. The van der Waals surface area contributed by atoms with Crippen molar-refractivity contribution in [2.24, 2.45) is 5.73 Å². The van der Waals surface area contributed by atoms with Gasteiger partial charge < -0.3 is 18.1 Å². The van der Waals surface area contributed by atoms with Gasteiger partial charge in [0.25, 0.3) is 0 Å². The van der Waals surface area contributed by atoms with Gasteiger partial charge in [-0.05, 0) is 30.5 Å². The van der Waals surface area contributed by atoms with E-state index in [9.17, 15) is 0 Å². The lowest BCUT2D eigenvalue weighted by atomic mass is 10.0. The first kappa shape index (κ1) is 32.7. The van der Waals surface area contributed by atoms with Crippen LogP contribution >= 0.6 is 0 Å². The number of halogens is 1. The van der Waals surface area contributed by atoms with E-state index in [2.05, 4.69) is 68.6 Å². The van der Waals surface area contributed by atoms with Crippen LogP contribution in [0.4, 0.5) is 5.69 Å². The SMILES string of the molecule is CCCCCCCCCCCCCCCCCC[N+](C)(Cc1ccccc1)c1ccc(CN)cc1.[Cl-]. The second kappa shape index (κ2) is 20.7. The van der Waals surface area contributed by atoms with E-state index in [-0.39, 0.29) is 12.4 Å². The minimum Gasteiger partial charge on any atom is -1.00 e. The largest absolute Gasteiger partial charge is 1.00 e. The van der Waals surface area contributed by atoms with E-state index >= 15 is 0 Å². The zero-order chi connectivity index (χ0) is 25.0. The Morgan fingerprint density at radius 2 is 1.00 bits per heavy atom. The molecule has 0 amide bonds. The second-order valence-corrected chi connectivity index (χ2v) is 10.9. The molecule has 1 unspecified atom stereocenters. The standard InChI is InChI=1S/C33H55N2.ClH/c1-3-4-5-6-7-8-9-10-11-12-13-14-15-16-17-21-28-35(2,30-32-22-19-18-20-23-32)33-26-24-31(29-34)25-27-33;/h18-20,22-27H,3-17,21,28-30,34H2,1-2H3;1H/q+1;/p-1. The van der Waals surface area contributed by atoms with Crippen molar-refractivity contribution < 1.29 is 12.4 Å². The molecule has 0 aromatic heterocycles. The highest BCUT2D eigenvalue weighted by molar-refractivity contribution is 5.44. The van der Waals surface area contributed by atoms with Crippen molar-refractivity contribution in [1.82, 2.24) is 4.48 Å². The van der Waals surface area contributed by atoms with Gasteiger partial charge in [0.15, 0.2) is 0 Å². The summed E-state index contributed by atoms with van der Waals surface area (Å²) in [5.41, 5.74) is 9.85. The smallest absolute Gasteiger partial charge is 0.132 e. The van der Waals surface area contributed by atoms with Crippen LogP contribution in [0.15, 0.2) is 54.6 Å². The molecule has 0 fully saturated rings. The van der Waals surface area contributed by atoms with E-state index in [0.29, 0.717) is 6.54 Å². The number of unbranched alkanes of at least 4 members (excludes halogenated alkanes) is 15. The highest BCUT2D eigenvalue weighted by Crippen LogP contribution is 2.26. The molecule has 0 heterocycles. The van der Waals surface area contributed by atoms with Crippen LogP contribution in [0.25, 0.3) is 0 Å². The fourth-order valence-electron chi connectivity index (χ4n) is 5.29. The average molecular weight is 515 g/mol. The Bertz CT molecular complexity index is 746. The number of hydrogen-bond donors (Lipinski definition) is 1. The fraction of sp³-hybridized carbons (Fsp3) is 0.636. The Hall–Kier alpha value is -1.35. The summed E-state index contributed by atoms with van der Waals surface area (Å²) in [7, 11) is 2.40. The molecule has 204 valence electrons. The molecule has 0 bridgehead atoms. The van der Waals surface area contributed by atoms with Gasteiger partial charge in [-0.1, -0.05) is 139 Å². The maximum Gasteiger partial charge on any atom is 0.132 e. The number of benzene rings is 2. The van der Waals surface area contributed by atoms with Crippen molar-refractivity contribution in [3.63, 3.8) is 0 Å². The van der Waals surface area contributed by atoms with Crippen molar-refractivity contribution in [2.45, 2.75) is 123 Å². The topological polar surface area (TPSA) is 26.0 Å². The van der Waals surface area contributed by atoms with Crippen LogP contribution in [0.3, 0.4) is 0 Å².